The van der Waals surface area contributed by atoms with Crippen molar-refractivity contribution in [1.82, 2.24) is 0 Å². The predicted octanol–water partition coefficient (Wildman–Crippen LogP) is -1.88. The quantitative estimate of drug-likeness (QED) is 0.251. The van der Waals surface area contributed by atoms with Gasteiger partial charge in [0.1, 0.15) is 0 Å². The molecule has 0 radical (unpaired) electrons. The topological polar surface area (TPSA) is 26.3 Å². The molecule has 0 saturated carbocycles. The van der Waals surface area contributed by atoms with Crippen molar-refractivity contribution in [2.45, 2.75) is 6.42 Å². The molecule has 1 heterocycles. The number of esters is 1. The number of hydrogen-bond acceptors (Lipinski definition) is 2. The van der Waals surface area contributed by atoms with Gasteiger partial charge in [0.05, 0.1) is 6.61 Å². The molecule has 0 atom stereocenters. The molecule has 2 nitrogen and oxygen atoms in total. The van der Waals surface area contributed by atoms with Crippen molar-refractivity contribution in [2.75, 3.05) is 6.61 Å². The summed E-state index contributed by atoms with van der Waals surface area (Å²) in [6.45, 7) is 0.538. The third-order valence-electron chi connectivity index (χ3n) is 1.73. The van der Waals surface area contributed by atoms with Gasteiger partial charge in [0, 0.05) is 0 Å². The van der Waals surface area contributed by atoms with Crippen molar-refractivity contribution in [3.63, 3.8) is 0 Å². The van der Waals surface area contributed by atoms with Crippen LogP contribution in [0.3, 0.4) is 0 Å². The van der Waals surface area contributed by atoms with Crippen LogP contribution in [0.4, 0.5) is 0 Å². The first-order valence-electron chi connectivity index (χ1n) is 3.29. The van der Waals surface area contributed by atoms with Gasteiger partial charge < -0.3 is 9.53 Å². The van der Waals surface area contributed by atoms with Crippen LogP contribution in [0.1, 0.15) is 15.9 Å². The third-order valence-corrected chi connectivity index (χ3v) is 1.73. The largest absolute Gasteiger partial charge is 1.00 e. The first-order chi connectivity index (χ1) is 4.88. The molecule has 0 fully saturated rings. The number of ether oxygens (including phenoxy) is 1. The van der Waals surface area contributed by atoms with E-state index in [-0.39, 0.29) is 35.5 Å². The molecule has 3 heteroatoms. The van der Waals surface area contributed by atoms with E-state index in [4.69, 9.17) is 4.74 Å². The minimum Gasteiger partial charge on any atom is -0.506 e. The van der Waals surface area contributed by atoms with E-state index >= 15 is 0 Å². The number of carbonyl (C=O) groups excluding carboxylic acids is 1. The Morgan fingerprint density at radius 3 is 3.09 bits per heavy atom. The van der Waals surface area contributed by atoms with Crippen LogP contribution in [0.25, 0.3) is 0 Å². The minimum atomic E-state index is -0.175. The molecule has 0 unspecified atom stereocenters. The molecule has 0 bridgehead atoms. The van der Waals surface area contributed by atoms with Crippen LogP contribution >= 0.6 is 0 Å². The maximum absolute atomic E-state index is 10.9. The molecule has 1 aromatic carbocycles. The number of fused-ring (bicyclic) bond motifs is 1. The van der Waals surface area contributed by atoms with Gasteiger partial charge >= 0.3 is 29.6 Å². The minimum absolute atomic E-state index is 0. The summed E-state index contributed by atoms with van der Waals surface area (Å²) >= 11 is 0. The first kappa shape index (κ1) is 8.91. The summed E-state index contributed by atoms with van der Waals surface area (Å²) in [5.74, 6) is -0.175. The monoisotopic (exact) mass is 158 g/mol. The second-order valence-electron chi connectivity index (χ2n) is 2.35. The Morgan fingerprint density at radius 2 is 2.36 bits per heavy atom. The van der Waals surface area contributed by atoms with E-state index in [0.29, 0.717) is 6.61 Å². The maximum Gasteiger partial charge on any atom is 1.00 e. The van der Waals surface area contributed by atoms with Gasteiger partial charge in [-0.25, -0.2) is 0 Å². The van der Waals surface area contributed by atoms with Crippen LogP contribution in [-0.2, 0) is 11.2 Å². The molecular formula is C8H7NaO2. The molecule has 0 aliphatic carbocycles. The fraction of sp³-hybridized carbons (Fsp3) is 0.250. The molecule has 1 aromatic rings. The van der Waals surface area contributed by atoms with E-state index in [2.05, 4.69) is 0 Å². The zero-order valence-corrected chi connectivity index (χ0v) is 8.46. The van der Waals surface area contributed by atoms with Crippen molar-refractivity contribution in [3.05, 3.63) is 29.3 Å². The van der Waals surface area contributed by atoms with Gasteiger partial charge in [0.2, 0.25) is 5.97 Å². The van der Waals surface area contributed by atoms with Crippen molar-refractivity contribution in [3.8, 4) is 0 Å². The Labute approximate surface area is 87.2 Å². The van der Waals surface area contributed by atoms with E-state index in [1.165, 1.54) is 0 Å². The van der Waals surface area contributed by atoms with E-state index < -0.39 is 0 Å². The van der Waals surface area contributed by atoms with E-state index in [1.807, 2.05) is 12.1 Å². The van der Waals surface area contributed by atoms with Crippen molar-refractivity contribution >= 4 is 5.97 Å². The van der Waals surface area contributed by atoms with Crippen LogP contribution in [-0.4, -0.2) is 12.6 Å². The number of hydrogen-bond donors (Lipinski definition) is 0. The van der Waals surface area contributed by atoms with Gasteiger partial charge in [-0.1, -0.05) is 5.56 Å². The van der Waals surface area contributed by atoms with Crippen LogP contribution in [0, 0.1) is 0 Å². The molecule has 2 rings (SSSR count). The Kier molecular flexibility index (Phi) is 2.82. The van der Waals surface area contributed by atoms with Crippen molar-refractivity contribution < 1.29 is 39.1 Å². The van der Waals surface area contributed by atoms with Crippen LogP contribution in [0.5, 0.6) is 0 Å². The molecule has 0 spiro atoms. The number of carbonyl (C=O) groups is 1. The van der Waals surface area contributed by atoms with Gasteiger partial charge in [0.15, 0.2) is 0 Å². The average molecular weight is 158 g/mol. The Bertz CT molecular complexity index is 265. The zero-order chi connectivity index (χ0) is 6.97. The van der Waals surface area contributed by atoms with Crippen LogP contribution in [0.2, 0.25) is 0 Å². The van der Waals surface area contributed by atoms with Crippen LogP contribution < -0.4 is 29.6 Å². The SMILES string of the molecule is O=C1OCCc2cc[cH-]c21.[Na+]. The van der Waals surface area contributed by atoms with Gasteiger partial charge in [-0.3, -0.25) is 0 Å². The van der Waals surface area contributed by atoms with E-state index in [0.717, 1.165) is 17.5 Å². The predicted molar refractivity (Wildman–Crippen MR) is 36.0 cm³/mol. The Hall–Kier alpha value is -0.180. The smallest absolute Gasteiger partial charge is 0.506 e. The molecule has 52 valence electrons. The molecule has 1 aliphatic heterocycles. The first-order valence-corrected chi connectivity index (χ1v) is 3.29. The standard InChI is InChI=1S/C8H7O2.Na/c9-8-7-3-1-2-6(7)4-5-10-8;/h1-3H,4-5H2;/q-1;+1. The van der Waals surface area contributed by atoms with Gasteiger partial charge in [-0.15, -0.1) is 6.07 Å². The molecule has 11 heavy (non-hydrogen) atoms. The zero-order valence-electron chi connectivity index (χ0n) is 6.46. The van der Waals surface area contributed by atoms with Crippen molar-refractivity contribution in [2.24, 2.45) is 0 Å². The molecule has 0 N–H and O–H groups in total. The summed E-state index contributed by atoms with van der Waals surface area (Å²) in [6.07, 6.45) is 0.869. The molecule has 0 aromatic heterocycles. The Morgan fingerprint density at radius 1 is 1.55 bits per heavy atom. The van der Waals surface area contributed by atoms with Gasteiger partial charge in [-0.2, -0.15) is 17.7 Å². The number of cyclic esters (lactones) is 1. The fourth-order valence-electron chi connectivity index (χ4n) is 1.21. The van der Waals surface area contributed by atoms with Crippen LogP contribution in [0.15, 0.2) is 18.2 Å². The van der Waals surface area contributed by atoms with Gasteiger partial charge in [0.25, 0.3) is 0 Å². The van der Waals surface area contributed by atoms with Gasteiger partial charge in [-0.05, 0) is 6.42 Å². The third kappa shape index (κ3) is 1.53. The summed E-state index contributed by atoms with van der Waals surface area (Å²) in [7, 11) is 0. The maximum atomic E-state index is 10.9. The van der Waals surface area contributed by atoms with E-state index in [9.17, 15) is 4.79 Å². The molecular weight excluding hydrogens is 151 g/mol. The molecule has 1 aliphatic rings. The number of rotatable bonds is 0. The summed E-state index contributed by atoms with van der Waals surface area (Å²) in [4.78, 5) is 10.9. The summed E-state index contributed by atoms with van der Waals surface area (Å²) < 4.78 is 4.82. The summed E-state index contributed by atoms with van der Waals surface area (Å²) in [5.41, 5.74) is 1.86. The molecule has 0 amide bonds. The molecule has 0 saturated heterocycles. The second kappa shape index (κ2) is 3.48. The fourth-order valence-corrected chi connectivity index (χ4v) is 1.21. The van der Waals surface area contributed by atoms with E-state index in [1.54, 1.807) is 6.07 Å². The second-order valence-corrected chi connectivity index (χ2v) is 2.35. The average Bonchev–Trinajstić information content (AvgIpc) is 2.36. The summed E-state index contributed by atoms with van der Waals surface area (Å²) in [5, 5.41) is 0. The Balaban J connectivity index is 0.000000605. The summed E-state index contributed by atoms with van der Waals surface area (Å²) in [6, 6.07) is 5.66. The van der Waals surface area contributed by atoms with Crippen molar-refractivity contribution in [1.29, 1.82) is 0 Å². The normalized spacial score (nSPS) is 14.7.